The van der Waals surface area contributed by atoms with Crippen molar-refractivity contribution in [1.29, 1.82) is 0 Å². The van der Waals surface area contributed by atoms with Crippen LogP contribution in [-0.4, -0.2) is 4.57 Å². The second-order valence-corrected chi connectivity index (χ2v) is 15.5. The number of anilines is 1. The summed E-state index contributed by atoms with van der Waals surface area (Å²) in [6, 6.07) is 64.6. The number of aromatic nitrogens is 1. The maximum Gasteiger partial charge on any atom is 0.104 e. The highest BCUT2D eigenvalue weighted by Gasteiger charge is 2.31. The van der Waals surface area contributed by atoms with Gasteiger partial charge < -0.3 is 9.88 Å². The highest BCUT2D eigenvalue weighted by Crippen LogP contribution is 2.49. The molecule has 54 heavy (non-hydrogen) atoms. The van der Waals surface area contributed by atoms with Crippen molar-refractivity contribution in [2.24, 2.45) is 0 Å². The number of nitrogens with one attached hydrogen (secondary N) is 2. The van der Waals surface area contributed by atoms with Crippen molar-refractivity contribution >= 4 is 91.3 Å². The molecule has 12 rings (SSSR count). The van der Waals surface area contributed by atoms with Crippen LogP contribution in [0.2, 0.25) is 0 Å². The minimum Gasteiger partial charge on any atom is -0.365 e. The van der Waals surface area contributed by atoms with Gasteiger partial charge in [-0.25, -0.2) is 0 Å². The van der Waals surface area contributed by atoms with E-state index in [4.69, 9.17) is 0 Å². The van der Waals surface area contributed by atoms with Gasteiger partial charge in [-0.2, -0.15) is 0 Å². The molecule has 2 unspecified atom stereocenters. The lowest BCUT2D eigenvalue weighted by molar-refractivity contribution is 0.510. The van der Waals surface area contributed by atoms with Crippen LogP contribution >= 0.6 is 11.3 Å². The first-order valence-electron chi connectivity index (χ1n) is 18.7. The topological polar surface area (TPSA) is 29.0 Å². The van der Waals surface area contributed by atoms with E-state index in [9.17, 15) is 0 Å². The number of para-hydroxylation sites is 1. The molecule has 0 amide bonds. The summed E-state index contributed by atoms with van der Waals surface area (Å²) in [7, 11) is 0. The molecule has 3 heterocycles. The summed E-state index contributed by atoms with van der Waals surface area (Å²) in [5, 5.41) is 21.0. The molecule has 11 aromatic rings. The zero-order chi connectivity index (χ0) is 35.3. The fraction of sp³-hybridized carbons (Fsp3) is 0.0400. The molecule has 254 valence electrons. The van der Waals surface area contributed by atoms with Gasteiger partial charge in [0.05, 0.1) is 17.1 Å². The van der Waals surface area contributed by atoms with E-state index >= 15 is 0 Å². The van der Waals surface area contributed by atoms with E-state index in [0.717, 1.165) is 5.69 Å². The predicted octanol–water partition coefficient (Wildman–Crippen LogP) is 13.4. The molecule has 3 nitrogen and oxygen atoms in total. The van der Waals surface area contributed by atoms with Crippen molar-refractivity contribution in [1.82, 2.24) is 9.88 Å². The number of hydrogen-bond donors (Lipinski definition) is 2. The van der Waals surface area contributed by atoms with E-state index in [1.807, 2.05) is 11.3 Å². The minimum atomic E-state index is -0.0999. The lowest BCUT2D eigenvalue weighted by atomic mass is 9.86. The smallest absolute Gasteiger partial charge is 0.104 e. The number of thiophene rings is 1. The Balaban J connectivity index is 1.06. The van der Waals surface area contributed by atoms with Crippen LogP contribution in [0.3, 0.4) is 0 Å². The molecule has 9 aromatic carbocycles. The molecule has 1 aliphatic rings. The van der Waals surface area contributed by atoms with Gasteiger partial charge in [0.15, 0.2) is 0 Å². The van der Waals surface area contributed by atoms with Gasteiger partial charge in [-0.05, 0) is 51.6 Å². The summed E-state index contributed by atoms with van der Waals surface area (Å²) >= 11 is 1.91. The van der Waals surface area contributed by atoms with Gasteiger partial charge in [-0.1, -0.05) is 152 Å². The van der Waals surface area contributed by atoms with Gasteiger partial charge in [0.1, 0.15) is 6.17 Å². The largest absolute Gasteiger partial charge is 0.365 e. The quantitative estimate of drug-likeness (QED) is 0.179. The van der Waals surface area contributed by atoms with E-state index in [-0.39, 0.29) is 12.2 Å². The first kappa shape index (κ1) is 30.0. The summed E-state index contributed by atoms with van der Waals surface area (Å²) in [5.41, 5.74) is 8.59. The molecule has 0 aliphatic carbocycles. The Morgan fingerprint density at radius 3 is 1.81 bits per heavy atom. The molecule has 0 fully saturated rings. The number of benzene rings is 9. The van der Waals surface area contributed by atoms with E-state index in [1.54, 1.807) is 0 Å². The first-order valence-corrected chi connectivity index (χ1v) is 19.5. The third-order valence-electron chi connectivity index (χ3n) is 11.6. The lowest BCUT2D eigenvalue weighted by Gasteiger charge is -2.37. The zero-order valence-electron chi connectivity index (χ0n) is 29.3. The Hall–Kier alpha value is -6.46. The van der Waals surface area contributed by atoms with Gasteiger partial charge in [0.2, 0.25) is 0 Å². The van der Waals surface area contributed by atoms with Crippen molar-refractivity contribution in [3.05, 3.63) is 193 Å². The van der Waals surface area contributed by atoms with Crippen molar-refractivity contribution in [3.63, 3.8) is 0 Å². The fourth-order valence-corrected chi connectivity index (χ4v) is 10.6. The van der Waals surface area contributed by atoms with E-state index in [0.29, 0.717) is 0 Å². The molecule has 0 saturated carbocycles. The number of fused-ring (bicyclic) bond motifs is 16. The second-order valence-electron chi connectivity index (χ2n) is 14.5. The van der Waals surface area contributed by atoms with Crippen LogP contribution in [0, 0.1) is 0 Å². The molecule has 4 heteroatoms. The highest BCUT2D eigenvalue weighted by atomic mass is 32.1. The van der Waals surface area contributed by atoms with Crippen molar-refractivity contribution in [2.75, 3.05) is 5.32 Å². The van der Waals surface area contributed by atoms with Gasteiger partial charge >= 0.3 is 0 Å². The average molecular weight is 708 g/mol. The molecule has 2 N–H and O–H groups in total. The molecule has 0 spiro atoms. The number of hydrogen-bond acceptors (Lipinski definition) is 3. The summed E-state index contributed by atoms with van der Waals surface area (Å²) in [6.07, 6.45) is -0.0999. The van der Waals surface area contributed by atoms with Gasteiger partial charge in [0, 0.05) is 64.0 Å². The molecular weight excluding hydrogens is 675 g/mol. The van der Waals surface area contributed by atoms with Crippen molar-refractivity contribution in [3.8, 4) is 5.69 Å². The summed E-state index contributed by atoms with van der Waals surface area (Å²) in [5.74, 6) is 0. The van der Waals surface area contributed by atoms with Crippen LogP contribution < -0.4 is 10.6 Å². The maximum atomic E-state index is 4.05. The molecule has 0 saturated heterocycles. The summed E-state index contributed by atoms with van der Waals surface area (Å²) in [4.78, 5) is 0. The van der Waals surface area contributed by atoms with Gasteiger partial charge in [-0.3, -0.25) is 5.32 Å². The summed E-state index contributed by atoms with van der Waals surface area (Å²) < 4.78 is 5.18. The van der Waals surface area contributed by atoms with E-state index in [2.05, 4.69) is 191 Å². The zero-order valence-corrected chi connectivity index (χ0v) is 30.1. The number of nitrogens with zero attached hydrogens (tertiary/aromatic N) is 1. The normalized spacial score (nSPS) is 15.9. The average Bonchev–Trinajstić information content (AvgIpc) is 3.81. The minimum absolute atomic E-state index is 0.00757. The van der Waals surface area contributed by atoms with Crippen molar-refractivity contribution in [2.45, 2.75) is 12.2 Å². The highest BCUT2D eigenvalue weighted by molar-refractivity contribution is 7.27. The standard InChI is InChI=1S/C50H33N3S/c1-2-14-30(15-3-1)46-45-35-18-6-4-16-33(35)34-17-5-7-19-36(34)47(45)52-50(51-46)31-26-28-32(29-27-31)53-41-24-12-10-22-39(41)43-44-40-23-11-13-25-42(40)54-49(44)38-21-9-8-20-37(38)48(43)53/h1-29,46,50-52H. The molecule has 1 aliphatic heterocycles. The fourth-order valence-electron chi connectivity index (χ4n) is 9.35. The van der Waals surface area contributed by atoms with Crippen LogP contribution in [0.15, 0.2) is 176 Å². The number of rotatable bonds is 3. The Bertz CT molecular complexity index is 3280. The van der Waals surface area contributed by atoms with Gasteiger partial charge in [-0.15, -0.1) is 11.3 Å². The Kier molecular flexibility index (Phi) is 6.41. The lowest BCUT2D eigenvalue weighted by Crippen LogP contribution is -2.37. The molecule has 2 atom stereocenters. The van der Waals surface area contributed by atoms with E-state index in [1.165, 1.54) is 96.7 Å². The first-order chi connectivity index (χ1) is 26.8. The molecule has 2 aromatic heterocycles. The van der Waals surface area contributed by atoms with Crippen LogP contribution in [0.4, 0.5) is 5.69 Å². The molecule has 0 bridgehead atoms. The van der Waals surface area contributed by atoms with Crippen molar-refractivity contribution < 1.29 is 0 Å². The third kappa shape index (κ3) is 4.21. The molecule has 0 radical (unpaired) electrons. The van der Waals surface area contributed by atoms with Crippen LogP contribution in [0.1, 0.15) is 28.9 Å². The Labute approximate surface area is 315 Å². The SMILES string of the molecule is c1ccc(C2NC(c3ccc(-n4c5ccccc5c5c6c7ccccc7sc6c6ccccc6c54)cc3)Nc3c2c2ccccc2c2ccccc32)cc1. The molecular formula is C50H33N3S. The Morgan fingerprint density at radius 2 is 1.04 bits per heavy atom. The van der Waals surface area contributed by atoms with Crippen LogP contribution in [-0.2, 0) is 0 Å². The Morgan fingerprint density at radius 1 is 0.444 bits per heavy atom. The summed E-state index contributed by atoms with van der Waals surface area (Å²) in [6.45, 7) is 0. The monoisotopic (exact) mass is 707 g/mol. The predicted molar refractivity (Wildman–Crippen MR) is 230 cm³/mol. The van der Waals surface area contributed by atoms with Crippen LogP contribution in [0.25, 0.3) is 80.0 Å². The van der Waals surface area contributed by atoms with Crippen LogP contribution in [0.5, 0.6) is 0 Å². The maximum absolute atomic E-state index is 4.05. The second kappa shape index (κ2) is 11.5. The van der Waals surface area contributed by atoms with E-state index < -0.39 is 0 Å². The van der Waals surface area contributed by atoms with Gasteiger partial charge in [0.25, 0.3) is 0 Å². The third-order valence-corrected chi connectivity index (χ3v) is 12.9.